The summed E-state index contributed by atoms with van der Waals surface area (Å²) >= 11 is 0. The van der Waals surface area contributed by atoms with Gasteiger partial charge in [-0.15, -0.1) is 0 Å². The lowest BCUT2D eigenvalue weighted by Gasteiger charge is -2.29. The topological polar surface area (TPSA) is 89.9 Å². The normalized spacial score (nSPS) is 19.1. The van der Waals surface area contributed by atoms with Crippen molar-refractivity contribution in [3.8, 4) is 0 Å². The summed E-state index contributed by atoms with van der Waals surface area (Å²) in [7, 11) is 0. The molecule has 0 spiro atoms. The fourth-order valence-electron chi connectivity index (χ4n) is 1.72. The summed E-state index contributed by atoms with van der Waals surface area (Å²) in [6.45, 7) is 0.771. The van der Waals surface area contributed by atoms with E-state index >= 15 is 0 Å². The molecule has 20 heavy (non-hydrogen) atoms. The average Bonchev–Trinajstić information content (AvgIpc) is 2.34. The molecule has 1 heterocycles. The predicted octanol–water partition coefficient (Wildman–Crippen LogP) is 0.724. The summed E-state index contributed by atoms with van der Waals surface area (Å²) in [6.07, 6.45) is -5.18. The molecular formula is C11H15F3N2O4. The first-order chi connectivity index (χ1) is 9.12. The summed E-state index contributed by atoms with van der Waals surface area (Å²) < 4.78 is 37.2. The Bertz CT molecular complexity index is 420. The first-order valence-electron chi connectivity index (χ1n) is 5.85. The van der Waals surface area contributed by atoms with Gasteiger partial charge in [0, 0.05) is 18.7 Å². The standard InChI is InChI=1S/C11H15F3N2O4/c1-6(17)8(9(18)19)15-10(20)16-4-2-7(3-5-16)11(12,13)14/h2,6,8,17H,3-5H2,1H3,(H,15,20)(H,18,19). The molecule has 9 heteroatoms. The quantitative estimate of drug-likeness (QED) is 0.670. The molecule has 0 saturated carbocycles. The Morgan fingerprint density at radius 1 is 1.45 bits per heavy atom. The molecule has 114 valence electrons. The van der Waals surface area contributed by atoms with E-state index in [2.05, 4.69) is 5.32 Å². The van der Waals surface area contributed by atoms with Gasteiger partial charge >= 0.3 is 18.2 Å². The molecule has 1 aliphatic heterocycles. The molecule has 2 atom stereocenters. The van der Waals surface area contributed by atoms with Gasteiger partial charge < -0.3 is 20.4 Å². The molecule has 3 N–H and O–H groups in total. The highest BCUT2D eigenvalue weighted by atomic mass is 19.4. The minimum atomic E-state index is -4.41. The number of aliphatic hydroxyl groups excluding tert-OH is 1. The van der Waals surface area contributed by atoms with E-state index in [0.717, 1.165) is 11.0 Å². The van der Waals surface area contributed by atoms with Gasteiger partial charge in [-0.2, -0.15) is 13.2 Å². The van der Waals surface area contributed by atoms with Gasteiger partial charge in [-0.05, 0) is 13.3 Å². The largest absolute Gasteiger partial charge is 0.480 e. The van der Waals surface area contributed by atoms with Gasteiger partial charge in [0.25, 0.3) is 0 Å². The van der Waals surface area contributed by atoms with Crippen molar-refractivity contribution >= 4 is 12.0 Å². The summed E-state index contributed by atoms with van der Waals surface area (Å²) in [6, 6.07) is -2.33. The highest BCUT2D eigenvalue weighted by Gasteiger charge is 2.36. The van der Waals surface area contributed by atoms with Gasteiger partial charge in [0.1, 0.15) is 0 Å². The van der Waals surface area contributed by atoms with Crippen molar-refractivity contribution in [3.05, 3.63) is 11.6 Å². The van der Waals surface area contributed by atoms with E-state index in [1.807, 2.05) is 0 Å². The minimum Gasteiger partial charge on any atom is -0.480 e. The van der Waals surface area contributed by atoms with Crippen LogP contribution >= 0.6 is 0 Å². The lowest BCUT2D eigenvalue weighted by molar-refractivity contribution is -0.141. The van der Waals surface area contributed by atoms with Gasteiger partial charge in [0.15, 0.2) is 6.04 Å². The van der Waals surface area contributed by atoms with Gasteiger partial charge in [-0.25, -0.2) is 9.59 Å². The molecule has 0 bridgehead atoms. The van der Waals surface area contributed by atoms with Crippen LogP contribution in [0.25, 0.3) is 0 Å². The number of aliphatic hydroxyl groups is 1. The number of hydrogen-bond donors (Lipinski definition) is 3. The Hall–Kier alpha value is -1.77. The molecule has 0 radical (unpaired) electrons. The fourth-order valence-corrected chi connectivity index (χ4v) is 1.72. The van der Waals surface area contributed by atoms with Crippen LogP contribution < -0.4 is 5.32 Å². The van der Waals surface area contributed by atoms with Crippen LogP contribution in [0.5, 0.6) is 0 Å². The molecule has 2 amide bonds. The van der Waals surface area contributed by atoms with Crippen LogP contribution in [0.2, 0.25) is 0 Å². The second-order valence-corrected chi connectivity index (χ2v) is 4.43. The molecule has 6 nitrogen and oxygen atoms in total. The first-order valence-corrected chi connectivity index (χ1v) is 5.85. The minimum absolute atomic E-state index is 0.163. The molecule has 0 saturated heterocycles. The Morgan fingerprint density at radius 3 is 2.40 bits per heavy atom. The smallest absolute Gasteiger partial charge is 0.412 e. The SMILES string of the molecule is CC(O)C(NC(=O)N1CC=C(C(F)(F)F)CC1)C(=O)O. The molecule has 1 aliphatic rings. The number of urea groups is 1. The van der Waals surface area contributed by atoms with Gasteiger partial charge in [0.2, 0.25) is 0 Å². The van der Waals surface area contributed by atoms with Crippen molar-refractivity contribution in [2.24, 2.45) is 0 Å². The summed E-state index contributed by atoms with van der Waals surface area (Å²) in [4.78, 5) is 23.5. The second-order valence-electron chi connectivity index (χ2n) is 4.43. The highest BCUT2D eigenvalue weighted by molar-refractivity contribution is 5.83. The Balaban J connectivity index is 2.63. The molecule has 2 unspecified atom stereocenters. The average molecular weight is 296 g/mol. The first kappa shape index (κ1) is 16.3. The van der Waals surface area contributed by atoms with Crippen LogP contribution in [0.4, 0.5) is 18.0 Å². The van der Waals surface area contributed by atoms with E-state index < -0.39 is 35.9 Å². The number of alkyl halides is 3. The van der Waals surface area contributed by atoms with Crippen molar-refractivity contribution in [2.75, 3.05) is 13.1 Å². The zero-order chi connectivity index (χ0) is 15.5. The third-order valence-corrected chi connectivity index (χ3v) is 2.89. The maximum atomic E-state index is 12.4. The number of rotatable bonds is 3. The number of carbonyl (C=O) groups is 2. The monoisotopic (exact) mass is 296 g/mol. The second kappa shape index (κ2) is 6.12. The Kier molecular flexibility index (Phi) is 4.98. The lowest BCUT2D eigenvalue weighted by Crippen LogP contribution is -2.53. The molecule has 0 aromatic carbocycles. The molecular weight excluding hydrogens is 281 g/mol. The van der Waals surface area contributed by atoms with Crippen molar-refractivity contribution in [3.63, 3.8) is 0 Å². The zero-order valence-electron chi connectivity index (χ0n) is 10.6. The van der Waals surface area contributed by atoms with Crippen LogP contribution in [0.1, 0.15) is 13.3 Å². The number of carbonyl (C=O) groups excluding carboxylic acids is 1. The third kappa shape index (κ3) is 4.12. The van der Waals surface area contributed by atoms with Gasteiger partial charge in [-0.3, -0.25) is 0 Å². The number of carboxylic acid groups (broad SMARTS) is 1. The number of nitrogens with one attached hydrogen (secondary N) is 1. The molecule has 0 aromatic rings. The van der Waals surface area contributed by atoms with Crippen LogP contribution in [-0.4, -0.2) is 58.5 Å². The van der Waals surface area contributed by atoms with Crippen molar-refractivity contribution in [1.29, 1.82) is 0 Å². The lowest BCUT2D eigenvalue weighted by atomic mass is 10.1. The van der Waals surface area contributed by atoms with Crippen molar-refractivity contribution < 1.29 is 33.0 Å². The van der Waals surface area contributed by atoms with Crippen LogP contribution in [0.3, 0.4) is 0 Å². The van der Waals surface area contributed by atoms with E-state index in [0.29, 0.717) is 0 Å². The summed E-state index contributed by atoms with van der Waals surface area (Å²) in [5.74, 6) is -1.42. The number of nitrogens with zero attached hydrogens (tertiary/aromatic N) is 1. The zero-order valence-corrected chi connectivity index (χ0v) is 10.6. The molecule has 0 aliphatic carbocycles. The van der Waals surface area contributed by atoms with Crippen molar-refractivity contribution in [2.45, 2.75) is 31.7 Å². The van der Waals surface area contributed by atoms with E-state index in [1.165, 1.54) is 6.92 Å². The Labute approximate surface area is 112 Å². The maximum absolute atomic E-state index is 12.4. The maximum Gasteiger partial charge on any atom is 0.412 e. The predicted molar refractivity (Wildman–Crippen MR) is 62.0 cm³/mol. The van der Waals surface area contributed by atoms with Crippen molar-refractivity contribution in [1.82, 2.24) is 10.2 Å². The molecule has 0 fully saturated rings. The van der Waals surface area contributed by atoms with Crippen LogP contribution in [0, 0.1) is 0 Å². The van der Waals surface area contributed by atoms with Crippen LogP contribution in [-0.2, 0) is 4.79 Å². The summed E-state index contributed by atoms with van der Waals surface area (Å²) in [5, 5.41) is 20.1. The number of carboxylic acids is 1. The van der Waals surface area contributed by atoms with E-state index in [4.69, 9.17) is 5.11 Å². The summed E-state index contributed by atoms with van der Waals surface area (Å²) in [5.41, 5.74) is -0.702. The fraction of sp³-hybridized carbons (Fsp3) is 0.636. The number of aliphatic carboxylic acids is 1. The number of hydrogen-bond acceptors (Lipinski definition) is 3. The number of amides is 2. The van der Waals surface area contributed by atoms with Crippen LogP contribution in [0.15, 0.2) is 11.6 Å². The van der Waals surface area contributed by atoms with E-state index in [9.17, 15) is 27.9 Å². The highest BCUT2D eigenvalue weighted by Crippen LogP contribution is 2.30. The van der Waals surface area contributed by atoms with E-state index in [1.54, 1.807) is 0 Å². The van der Waals surface area contributed by atoms with E-state index in [-0.39, 0.29) is 19.5 Å². The molecule has 0 aromatic heterocycles. The number of halogens is 3. The molecule has 1 rings (SSSR count). The Morgan fingerprint density at radius 2 is 2.05 bits per heavy atom. The third-order valence-electron chi connectivity index (χ3n) is 2.89. The van der Waals surface area contributed by atoms with Gasteiger partial charge in [-0.1, -0.05) is 6.08 Å². The van der Waals surface area contributed by atoms with Gasteiger partial charge in [0.05, 0.1) is 6.10 Å².